The molecule has 2 saturated heterocycles. The number of para-hydroxylation sites is 2. The predicted molar refractivity (Wildman–Crippen MR) is 135 cm³/mol. The zero-order valence-corrected chi connectivity index (χ0v) is 20.6. The first-order valence-electron chi connectivity index (χ1n) is 12.7. The van der Waals surface area contributed by atoms with Gasteiger partial charge in [-0.1, -0.05) is 42.5 Å². The van der Waals surface area contributed by atoms with Crippen molar-refractivity contribution in [3.05, 3.63) is 66.0 Å². The number of carbonyl (C=O) groups is 3. The largest absolute Gasteiger partial charge is 0.385 e. The standard InChI is InChI=1S/C28H32N4O4/c1-36-17-9-16-32-25(34)19-28(27(32)35,20-10-3-2-4-11-20)18-24(33)31-15-8-7-14-23(31)26-29-21-12-5-6-13-22(21)30-26/h2-6,10-13,23H,7-9,14-19H2,1H3,(H,29,30)/t23-,28-/m0/s1. The van der Waals surface area contributed by atoms with Gasteiger partial charge in [-0.2, -0.15) is 0 Å². The monoisotopic (exact) mass is 488 g/mol. The number of fused-ring (bicyclic) bond motifs is 1. The maximum absolute atomic E-state index is 13.9. The summed E-state index contributed by atoms with van der Waals surface area (Å²) in [5.41, 5.74) is 1.32. The van der Waals surface area contributed by atoms with Gasteiger partial charge in [-0.3, -0.25) is 19.3 Å². The van der Waals surface area contributed by atoms with Gasteiger partial charge < -0.3 is 14.6 Å². The van der Waals surface area contributed by atoms with E-state index in [1.54, 1.807) is 7.11 Å². The van der Waals surface area contributed by atoms with Crippen LogP contribution in [0.3, 0.4) is 0 Å². The third kappa shape index (κ3) is 4.41. The van der Waals surface area contributed by atoms with Crippen LogP contribution in [0.5, 0.6) is 0 Å². The molecule has 188 valence electrons. The summed E-state index contributed by atoms with van der Waals surface area (Å²) >= 11 is 0. The number of ether oxygens (including phenoxy) is 1. The molecule has 1 N–H and O–H groups in total. The third-order valence-corrected chi connectivity index (χ3v) is 7.46. The minimum atomic E-state index is -1.20. The Hall–Kier alpha value is -3.52. The summed E-state index contributed by atoms with van der Waals surface area (Å²) < 4.78 is 5.11. The first kappa shape index (κ1) is 24.2. The van der Waals surface area contributed by atoms with Crippen LogP contribution in [0.2, 0.25) is 0 Å². The number of nitrogens with one attached hydrogen (secondary N) is 1. The Morgan fingerprint density at radius 3 is 2.67 bits per heavy atom. The molecule has 3 heterocycles. The van der Waals surface area contributed by atoms with Crippen LogP contribution < -0.4 is 0 Å². The smallest absolute Gasteiger partial charge is 0.240 e. The summed E-state index contributed by atoms with van der Waals surface area (Å²) in [5.74, 6) is 0.123. The SMILES string of the molecule is COCCCN1C(=O)C[C@@](CC(=O)N2CCCC[C@H]2c2nc3ccccc3[nH]2)(c2ccccc2)C1=O. The Bertz CT molecular complexity index is 1220. The van der Waals surface area contributed by atoms with E-state index in [1.165, 1.54) is 4.90 Å². The third-order valence-electron chi connectivity index (χ3n) is 7.46. The summed E-state index contributed by atoms with van der Waals surface area (Å²) in [6, 6.07) is 16.9. The van der Waals surface area contributed by atoms with E-state index in [0.29, 0.717) is 31.7 Å². The molecular formula is C28H32N4O4. The Balaban J connectivity index is 1.45. The highest BCUT2D eigenvalue weighted by Gasteiger charge is 2.54. The fraction of sp³-hybridized carbons (Fsp3) is 0.429. The van der Waals surface area contributed by atoms with Gasteiger partial charge in [0.2, 0.25) is 17.7 Å². The van der Waals surface area contributed by atoms with Gasteiger partial charge in [-0.05, 0) is 43.4 Å². The molecule has 1 aromatic heterocycles. The number of benzene rings is 2. The van der Waals surface area contributed by atoms with Gasteiger partial charge in [0.25, 0.3) is 0 Å². The lowest BCUT2D eigenvalue weighted by Crippen LogP contribution is -2.46. The van der Waals surface area contributed by atoms with Gasteiger partial charge in [0, 0.05) is 39.6 Å². The first-order valence-corrected chi connectivity index (χ1v) is 12.7. The number of hydrogen-bond acceptors (Lipinski definition) is 5. The van der Waals surface area contributed by atoms with Crippen LogP contribution in [0, 0.1) is 0 Å². The average Bonchev–Trinajstić information content (AvgIpc) is 3.44. The second-order valence-corrected chi connectivity index (χ2v) is 9.74. The quantitative estimate of drug-likeness (QED) is 0.385. The molecule has 2 aliphatic heterocycles. The summed E-state index contributed by atoms with van der Waals surface area (Å²) in [7, 11) is 1.59. The molecule has 0 unspecified atom stereocenters. The molecule has 2 atom stereocenters. The highest BCUT2D eigenvalue weighted by atomic mass is 16.5. The van der Waals surface area contributed by atoms with Crippen LogP contribution in [0.4, 0.5) is 0 Å². The number of aromatic nitrogens is 2. The minimum absolute atomic E-state index is 0.00227. The van der Waals surface area contributed by atoms with Crippen LogP contribution in [0.15, 0.2) is 54.6 Å². The number of imidazole rings is 1. The van der Waals surface area contributed by atoms with Crippen LogP contribution in [0.1, 0.15) is 56.0 Å². The number of rotatable bonds is 8. The maximum Gasteiger partial charge on any atom is 0.240 e. The topological polar surface area (TPSA) is 95.6 Å². The number of imide groups is 1. The average molecular weight is 489 g/mol. The number of piperidine rings is 1. The number of H-pyrrole nitrogens is 1. The Labute approximate surface area is 210 Å². The van der Waals surface area contributed by atoms with E-state index in [9.17, 15) is 14.4 Å². The number of likely N-dealkylation sites (tertiary alicyclic amines) is 2. The second kappa shape index (κ2) is 10.2. The van der Waals surface area contributed by atoms with E-state index in [4.69, 9.17) is 9.72 Å². The molecule has 3 aromatic rings. The Morgan fingerprint density at radius 2 is 1.89 bits per heavy atom. The lowest BCUT2D eigenvalue weighted by atomic mass is 9.75. The number of amides is 3. The van der Waals surface area contributed by atoms with E-state index >= 15 is 0 Å². The van der Waals surface area contributed by atoms with Crippen molar-refractivity contribution in [1.82, 2.24) is 19.8 Å². The molecular weight excluding hydrogens is 456 g/mol. The maximum atomic E-state index is 13.9. The fourth-order valence-electron chi connectivity index (χ4n) is 5.62. The molecule has 0 bridgehead atoms. The van der Waals surface area contributed by atoms with Crippen molar-refractivity contribution in [2.45, 2.75) is 50.0 Å². The predicted octanol–water partition coefficient (Wildman–Crippen LogP) is 3.74. The van der Waals surface area contributed by atoms with Crippen molar-refractivity contribution in [2.75, 3.05) is 26.8 Å². The van der Waals surface area contributed by atoms with Crippen LogP contribution in [0.25, 0.3) is 11.0 Å². The summed E-state index contributed by atoms with van der Waals surface area (Å²) in [6.45, 7) is 1.35. The molecule has 0 radical (unpaired) electrons. The normalized spacial score (nSPS) is 22.5. The molecule has 0 saturated carbocycles. The van der Waals surface area contributed by atoms with Gasteiger partial charge in [0.05, 0.1) is 22.5 Å². The molecule has 0 spiro atoms. The van der Waals surface area contributed by atoms with Crippen LogP contribution in [-0.2, 0) is 24.5 Å². The fourth-order valence-corrected chi connectivity index (χ4v) is 5.62. The molecule has 3 amide bonds. The van der Waals surface area contributed by atoms with Gasteiger partial charge in [0.15, 0.2) is 0 Å². The van der Waals surface area contributed by atoms with Gasteiger partial charge in [0.1, 0.15) is 5.82 Å². The van der Waals surface area contributed by atoms with E-state index in [0.717, 1.165) is 36.1 Å². The number of hydrogen-bond donors (Lipinski definition) is 1. The van der Waals surface area contributed by atoms with Crippen molar-refractivity contribution in [3.63, 3.8) is 0 Å². The van der Waals surface area contributed by atoms with Crippen molar-refractivity contribution in [2.24, 2.45) is 0 Å². The van der Waals surface area contributed by atoms with E-state index in [-0.39, 0.29) is 36.6 Å². The molecule has 36 heavy (non-hydrogen) atoms. The van der Waals surface area contributed by atoms with Crippen molar-refractivity contribution >= 4 is 28.8 Å². The minimum Gasteiger partial charge on any atom is -0.385 e. The molecule has 2 aliphatic rings. The summed E-state index contributed by atoms with van der Waals surface area (Å²) in [6.07, 6.45) is 3.22. The van der Waals surface area contributed by atoms with Crippen molar-refractivity contribution in [1.29, 1.82) is 0 Å². The zero-order chi connectivity index (χ0) is 25.1. The first-order chi connectivity index (χ1) is 17.5. The lowest BCUT2D eigenvalue weighted by molar-refractivity contribution is -0.144. The molecule has 8 heteroatoms. The number of aromatic amines is 1. The van der Waals surface area contributed by atoms with Gasteiger partial charge in [-0.15, -0.1) is 0 Å². The Kier molecular flexibility index (Phi) is 6.87. The van der Waals surface area contributed by atoms with Gasteiger partial charge >= 0.3 is 0 Å². The van der Waals surface area contributed by atoms with Gasteiger partial charge in [-0.25, -0.2) is 4.98 Å². The van der Waals surface area contributed by atoms with E-state index in [1.807, 2.05) is 59.5 Å². The summed E-state index contributed by atoms with van der Waals surface area (Å²) in [5, 5.41) is 0. The van der Waals surface area contributed by atoms with E-state index in [2.05, 4.69) is 4.98 Å². The Morgan fingerprint density at radius 1 is 1.11 bits per heavy atom. The van der Waals surface area contributed by atoms with Crippen LogP contribution >= 0.6 is 0 Å². The number of carbonyl (C=O) groups excluding carboxylic acids is 3. The molecule has 2 fully saturated rings. The number of nitrogens with zero attached hydrogens (tertiary/aromatic N) is 3. The highest BCUT2D eigenvalue weighted by Crippen LogP contribution is 2.42. The molecule has 0 aliphatic carbocycles. The molecule has 5 rings (SSSR count). The molecule has 2 aromatic carbocycles. The van der Waals surface area contributed by atoms with E-state index < -0.39 is 5.41 Å². The summed E-state index contributed by atoms with van der Waals surface area (Å²) in [4.78, 5) is 52.1. The van der Waals surface area contributed by atoms with Crippen LogP contribution in [-0.4, -0.2) is 64.3 Å². The molecule has 8 nitrogen and oxygen atoms in total. The zero-order valence-electron chi connectivity index (χ0n) is 20.6. The van der Waals surface area contributed by atoms with Crippen molar-refractivity contribution < 1.29 is 19.1 Å². The number of methoxy groups -OCH3 is 1. The highest BCUT2D eigenvalue weighted by molar-refractivity contribution is 6.10. The second-order valence-electron chi connectivity index (χ2n) is 9.74. The van der Waals surface area contributed by atoms with Crippen molar-refractivity contribution in [3.8, 4) is 0 Å². The lowest BCUT2D eigenvalue weighted by Gasteiger charge is -2.37.